The number of halogens is 3. The number of carbonyl (C=O) groups is 1. The highest BCUT2D eigenvalue weighted by Crippen LogP contribution is 2.40. The van der Waals surface area contributed by atoms with E-state index in [2.05, 4.69) is 20.4 Å². The minimum absolute atomic E-state index is 0.0883. The largest absolute Gasteiger partial charge is 0.506 e. The van der Waals surface area contributed by atoms with Gasteiger partial charge in [-0.2, -0.15) is 23.5 Å². The van der Waals surface area contributed by atoms with E-state index in [-0.39, 0.29) is 17.2 Å². The average Bonchev–Trinajstić information content (AvgIpc) is 3.03. The molecule has 0 fully saturated rings. The Bertz CT molecular complexity index is 1070. The van der Waals surface area contributed by atoms with Crippen LogP contribution in [0.5, 0.6) is 11.5 Å². The minimum Gasteiger partial charge on any atom is -0.506 e. The van der Waals surface area contributed by atoms with E-state index in [1.807, 2.05) is 0 Å². The molecule has 0 aliphatic rings. The highest BCUT2D eigenvalue weighted by Gasteiger charge is 2.33. The van der Waals surface area contributed by atoms with E-state index in [0.29, 0.717) is 12.1 Å². The lowest BCUT2D eigenvalue weighted by atomic mass is 10.1. The topological polar surface area (TPSA) is 137 Å². The molecule has 2 heterocycles. The Kier molecular flexibility index (Phi) is 4.58. The molecule has 0 radical (unpaired) electrons. The normalized spacial score (nSPS) is 11.1. The Hall–Kier alpha value is -4.14. The Morgan fingerprint density at radius 2 is 1.86 bits per heavy atom. The highest BCUT2D eigenvalue weighted by molar-refractivity contribution is 6.02. The standard InChI is InChI=1S/C16H9F3N6O3/c17-16(18,19)8-3-11(26)14(12(27)4-8)25-13(5-9(6-20)24-25)23-15(28)10-7-21-1-2-22-10/h1-5,7,26-27H,(H,23,28). The second kappa shape index (κ2) is 6.88. The number of rotatable bonds is 3. The predicted octanol–water partition coefficient (Wildman–Crippen LogP) is 2.22. The number of anilines is 1. The molecule has 0 unspecified atom stereocenters. The van der Waals surface area contributed by atoms with Crippen molar-refractivity contribution in [3.05, 3.63) is 53.7 Å². The summed E-state index contributed by atoms with van der Waals surface area (Å²) in [5.74, 6) is -2.88. The van der Waals surface area contributed by atoms with Crippen molar-refractivity contribution in [3.8, 4) is 23.3 Å². The van der Waals surface area contributed by atoms with Crippen LogP contribution in [-0.2, 0) is 6.18 Å². The maximum atomic E-state index is 12.8. The number of hydrogen-bond acceptors (Lipinski definition) is 7. The number of phenols is 2. The highest BCUT2D eigenvalue weighted by atomic mass is 19.4. The fourth-order valence-electron chi connectivity index (χ4n) is 2.28. The van der Waals surface area contributed by atoms with Crippen LogP contribution < -0.4 is 5.32 Å². The zero-order valence-corrected chi connectivity index (χ0v) is 13.6. The van der Waals surface area contributed by atoms with Gasteiger partial charge in [-0.05, 0) is 12.1 Å². The van der Waals surface area contributed by atoms with Crippen LogP contribution in [0.4, 0.5) is 19.0 Å². The maximum Gasteiger partial charge on any atom is 0.416 e. The van der Waals surface area contributed by atoms with E-state index in [1.54, 1.807) is 6.07 Å². The number of nitriles is 1. The Morgan fingerprint density at radius 1 is 1.18 bits per heavy atom. The van der Waals surface area contributed by atoms with Crippen molar-refractivity contribution in [2.75, 3.05) is 5.32 Å². The fraction of sp³-hybridized carbons (Fsp3) is 0.0625. The Balaban J connectivity index is 2.07. The molecule has 0 saturated heterocycles. The van der Waals surface area contributed by atoms with Crippen molar-refractivity contribution < 1.29 is 28.2 Å². The smallest absolute Gasteiger partial charge is 0.416 e. The molecule has 0 atom stereocenters. The molecule has 12 heteroatoms. The second-order valence-corrected chi connectivity index (χ2v) is 5.34. The number of nitrogens with one attached hydrogen (secondary N) is 1. The molecule has 3 rings (SSSR count). The van der Waals surface area contributed by atoms with Gasteiger partial charge in [0.25, 0.3) is 5.91 Å². The number of phenolic OH excluding ortho intramolecular Hbond substituents is 2. The number of nitrogens with zero attached hydrogens (tertiary/aromatic N) is 5. The SMILES string of the molecule is N#Cc1cc(NC(=O)c2cnccn2)n(-c2c(O)cc(C(F)(F)F)cc2O)n1. The zero-order chi connectivity index (χ0) is 20.5. The van der Waals surface area contributed by atoms with Gasteiger partial charge in [0.2, 0.25) is 0 Å². The van der Waals surface area contributed by atoms with Gasteiger partial charge in [0.15, 0.2) is 11.4 Å². The van der Waals surface area contributed by atoms with E-state index in [9.17, 15) is 28.2 Å². The summed E-state index contributed by atoms with van der Waals surface area (Å²) in [4.78, 5) is 19.7. The molecule has 28 heavy (non-hydrogen) atoms. The third-order valence-corrected chi connectivity index (χ3v) is 3.47. The van der Waals surface area contributed by atoms with E-state index >= 15 is 0 Å². The van der Waals surface area contributed by atoms with Gasteiger partial charge in [-0.3, -0.25) is 9.78 Å². The summed E-state index contributed by atoms with van der Waals surface area (Å²) in [5.41, 5.74) is -2.16. The summed E-state index contributed by atoms with van der Waals surface area (Å²) in [7, 11) is 0. The number of benzene rings is 1. The molecule has 0 spiro atoms. The van der Waals surface area contributed by atoms with E-state index in [0.717, 1.165) is 16.9 Å². The van der Waals surface area contributed by atoms with Crippen molar-refractivity contribution >= 4 is 11.7 Å². The summed E-state index contributed by atoms with van der Waals surface area (Å²) in [6, 6.07) is 3.56. The van der Waals surface area contributed by atoms with Gasteiger partial charge in [0.05, 0.1) is 11.8 Å². The molecule has 2 aromatic heterocycles. The lowest BCUT2D eigenvalue weighted by Gasteiger charge is -2.14. The lowest BCUT2D eigenvalue weighted by molar-refractivity contribution is -0.137. The van der Waals surface area contributed by atoms with Crippen molar-refractivity contribution in [2.45, 2.75) is 6.18 Å². The van der Waals surface area contributed by atoms with E-state index in [1.165, 1.54) is 12.4 Å². The predicted molar refractivity (Wildman–Crippen MR) is 86.6 cm³/mol. The summed E-state index contributed by atoms with van der Waals surface area (Å²) in [5, 5.41) is 35.1. The lowest BCUT2D eigenvalue weighted by Crippen LogP contribution is -2.17. The summed E-state index contributed by atoms with van der Waals surface area (Å²) >= 11 is 0. The molecular weight excluding hydrogens is 381 g/mol. The molecule has 0 aliphatic carbocycles. The fourth-order valence-corrected chi connectivity index (χ4v) is 2.28. The number of amides is 1. The molecule has 0 aliphatic heterocycles. The first-order valence-electron chi connectivity index (χ1n) is 7.41. The van der Waals surface area contributed by atoms with Gasteiger partial charge >= 0.3 is 6.18 Å². The van der Waals surface area contributed by atoms with Crippen LogP contribution in [0.15, 0.2) is 36.8 Å². The van der Waals surface area contributed by atoms with Crippen LogP contribution in [-0.4, -0.2) is 35.9 Å². The number of aromatic nitrogens is 4. The van der Waals surface area contributed by atoms with Crippen LogP contribution in [0.2, 0.25) is 0 Å². The van der Waals surface area contributed by atoms with Crippen molar-refractivity contribution in [2.24, 2.45) is 0 Å². The quantitative estimate of drug-likeness (QED) is 0.623. The number of alkyl halides is 3. The summed E-state index contributed by atoms with van der Waals surface area (Å²) < 4.78 is 39.2. The van der Waals surface area contributed by atoms with Gasteiger partial charge in [-0.1, -0.05) is 0 Å². The van der Waals surface area contributed by atoms with E-state index in [4.69, 9.17) is 5.26 Å². The molecule has 0 saturated carbocycles. The van der Waals surface area contributed by atoms with Gasteiger partial charge in [0, 0.05) is 18.5 Å². The van der Waals surface area contributed by atoms with Crippen LogP contribution in [0.1, 0.15) is 21.7 Å². The molecule has 142 valence electrons. The molecule has 1 amide bonds. The average molecular weight is 390 g/mol. The van der Waals surface area contributed by atoms with Gasteiger partial charge < -0.3 is 15.5 Å². The maximum absolute atomic E-state index is 12.8. The van der Waals surface area contributed by atoms with Crippen LogP contribution in [0.25, 0.3) is 5.69 Å². The van der Waals surface area contributed by atoms with E-state index < -0.39 is 34.8 Å². The van der Waals surface area contributed by atoms with Crippen LogP contribution in [0, 0.1) is 11.3 Å². The summed E-state index contributed by atoms with van der Waals surface area (Å²) in [6.45, 7) is 0. The van der Waals surface area contributed by atoms with Gasteiger partial charge in [0.1, 0.15) is 29.1 Å². The first kappa shape index (κ1) is 18.6. The minimum atomic E-state index is -4.81. The van der Waals surface area contributed by atoms with Crippen molar-refractivity contribution in [1.29, 1.82) is 5.26 Å². The monoisotopic (exact) mass is 390 g/mol. The van der Waals surface area contributed by atoms with Crippen LogP contribution in [0.3, 0.4) is 0 Å². The molecule has 3 aromatic rings. The van der Waals surface area contributed by atoms with Gasteiger partial charge in [-0.25, -0.2) is 9.67 Å². The van der Waals surface area contributed by atoms with Crippen molar-refractivity contribution in [1.82, 2.24) is 19.7 Å². The molecule has 3 N–H and O–H groups in total. The van der Waals surface area contributed by atoms with Crippen LogP contribution >= 0.6 is 0 Å². The first-order chi connectivity index (χ1) is 13.2. The number of hydrogen-bond donors (Lipinski definition) is 3. The first-order valence-corrected chi connectivity index (χ1v) is 7.41. The molecule has 9 nitrogen and oxygen atoms in total. The Labute approximate surface area is 154 Å². The van der Waals surface area contributed by atoms with Gasteiger partial charge in [-0.15, -0.1) is 0 Å². The third-order valence-electron chi connectivity index (χ3n) is 3.47. The summed E-state index contributed by atoms with van der Waals surface area (Å²) in [6.07, 6.45) is -1.04. The second-order valence-electron chi connectivity index (χ2n) is 5.34. The molecule has 1 aromatic carbocycles. The molecule has 0 bridgehead atoms. The Morgan fingerprint density at radius 3 is 2.39 bits per heavy atom. The molecular formula is C16H9F3N6O3. The number of aromatic hydroxyl groups is 2. The third kappa shape index (κ3) is 3.54. The zero-order valence-electron chi connectivity index (χ0n) is 13.6. The van der Waals surface area contributed by atoms with Crippen molar-refractivity contribution in [3.63, 3.8) is 0 Å². The number of carbonyl (C=O) groups excluding carboxylic acids is 1.